The van der Waals surface area contributed by atoms with E-state index in [-0.39, 0.29) is 0 Å². The minimum Gasteiger partial charge on any atom is -0.381 e. The van der Waals surface area contributed by atoms with Crippen LogP contribution >= 0.6 is 0 Å². The van der Waals surface area contributed by atoms with Gasteiger partial charge in [-0.2, -0.15) is 0 Å². The molecule has 0 amide bonds. The Hall–Kier alpha value is -1.00. The van der Waals surface area contributed by atoms with Gasteiger partial charge in [-0.1, -0.05) is 0 Å². The van der Waals surface area contributed by atoms with Crippen LogP contribution in [0.25, 0.3) is 0 Å². The summed E-state index contributed by atoms with van der Waals surface area (Å²) in [6.45, 7) is 2.09. The van der Waals surface area contributed by atoms with Crippen LogP contribution in [0.3, 0.4) is 0 Å². The van der Waals surface area contributed by atoms with Crippen LogP contribution < -0.4 is 5.73 Å². The summed E-state index contributed by atoms with van der Waals surface area (Å²) < 4.78 is 5.41. The number of nitrogens with zero attached hydrogens (tertiary/aromatic N) is 2. The van der Waals surface area contributed by atoms with Crippen molar-refractivity contribution in [2.45, 2.75) is 25.3 Å². The van der Waals surface area contributed by atoms with E-state index in [0.29, 0.717) is 18.3 Å². The van der Waals surface area contributed by atoms with E-state index in [9.17, 15) is 0 Å². The van der Waals surface area contributed by atoms with E-state index < -0.39 is 0 Å². The first-order valence-electron chi connectivity index (χ1n) is 4.99. The SMILES string of the molecule is NCc1ncc(C2CCCOC2)cn1. The van der Waals surface area contributed by atoms with Crippen LogP contribution in [0.2, 0.25) is 0 Å². The standard InChI is InChI=1S/C10H15N3O/c11-4-10-12-5-9(6-13-10)8-2-1-3-14-7-8/h5-6,8H,1-4,7,11H2. The Morgan fingerprint density at radius 1 is 1.43 bits per heavy atom. The lowest BCUT2D eigenvalue weighted by molar-refractivity contribution is 0.0802. The Morgan fingerprint density at radius 3 is 2.79 bits per heavy atom. The molecular weight excluding hydrogens is 178 g/mol. The third-order valence-corrected chi connectivity index (χ3v) is 2.54. The van der Waals surface area contributed by atoms with Crippen molar-refractivity contribution >= 4 is 0 Å². The minimum absolute atomic E-state index is 0.404. The maximum atomic E-state index is 5.43. The number of hydrogen-bond donors (Lipinski definition) is 1. The molecule has 1 unspecified atom stereocenters. The summed E-state index contributed by atoms with van der Waals surface area (Å²) in [4.78, 5) is 8.36. The highest BCUT2D eigenvalue weighted by Crippen LogP contribution is 2.23. The van der Waals surface area contributed by atoms with Gasteiger partial charge in [-0.25, -0.2) is 9.97 Å². The lowest BCUT2D eigenvalue weighted by Crippen LogP contribution is -2.16. The van der Waals surface area contributed by atoms with Crippen LogP contribution in [0.4, 0.5) is 0 Å². The van der Waals surface area contributed by atoms with Gasteiger partial charge in [0.05, 0.1) is 13.2 Å². The number of nitrogens with two attached hydrogens (primary N) is 1. The van der Waals surface area contributed by atoms with Crippen molar-refractivity contribution in [2.24, 2.45) is 5.73 Å². The molecule has 0 spiro atoms. The van der Waals surface area contributed by atoms with Crippen LogP contribution in [0.1, 0.15) is 30.1 Å². The van der Waals surface area contributed by atoms with E-state index in [4.69, 9.17) is 10.5 Å². The fourth-order valence-electron chi connectivity index (χ4n) is 1.68. The predicted octanol–water partition coefficient (Wildman–Crippen LogP) is 0.829. The number of hydrogen-bond acceptors (Lipinski definition) is 4. The van der Waals surface area contributed by atoms with E-state index in [0.717, 1.165) is 19.6 Å². The Balaban J connectivity index is 2.07. The molecule has 1 saturated heterocycles. The Kier molecular flexibility index (Phi) is 3.06. The number of aromatic nitrogens is 2. The van der Waals surface area contributed by atoms with Crippen molar-refractivity contribution in [3.63, 3.8) is 0 Å². The van der Waals surface area contributed by atoms with Crippen LogP contribution in [0.15, 0.2) is 12.4 Å². The third-order valence-electron chi connectivity index (χ3n) is 2.54. The highest BCUT2D eigenvalue weighted by Gasteiger charge is 2.16. The fraction of sp³-hybridized carbons (Fsp3) is 0.600. The second-order valence-corrected chi connectivity index (χ2v) is 3.55. The van der Waals surface area contributed by atoms with Crippen LogP contribution in [0, 0.1) is 0 Å². The van der Waals surface area contributed by atoms with Gasteiger partial charge in [0.2, 0.25) is 0 Å². The van der Waals surface area contributed by atoms with Crippen molar-refractivity contribution in [1.29, 1.82) is 0 Å². The average molecular weight is 193 g/mol. The van der Waals surface area contributed by atoms with Gasteiger partial charge in [0.15, 0.2) is 0 Å². The van der Waals surface area contributed by atoms with Gasteiger partial charge in [-0.15, -0.1) is 0 Å². The van der Waals surface area contributed by atoms with E-state index in [1.165, 1.54) is 12.0 Å². The maximum Gasteiger partial charge on any atom is 0.141 e. The molecule has 2 rings (SSSR count). The van der Waals surface area contributed by atoms with Crippen LogP contribution in [0.5, 0.6) is 0 Å². The summed E-state index contributed by atoms with van der Waals surface area (Å²) in [5.74, 6) is 1.17. The highest BCUT2D eigenvalue weighted by molar-refractivity contribution is 5.12. The maximum absolute atomic E-state index is 5.43. The zero-order valence-electron chi connectivity index (χ0n) is 8.15. The summed E-state index contributed by atoms with van der Waals surface area (Å²) in [6.07, 6.45) is 6.04. The third kappa shape index (κ3) is 2.08. The van der Waals surface area contributed by atoms with Crippen molar-refractivity contribution in [3.05, 3.63) is 23.8 Å². The summed E-state index contributed by atoms with van der Waals surface area (Å²) in [5, 5.41) is 0. The van der Waals surface area contributed by atoms with Gasteiger partial charge in [-0.05, 0) is 18.4 Å². The minimum atomic E-state index is 0.404. The largest absolute Gasteiger partial charge is 0.381 e. The summed E-state index contributed by atoms with van der Waals surface area (Å²) in [7, 11) is 0. The van der Waals surface area contributed by atoms with E-state index >= 15 is 0 Å². The quantitative estimate of drug-likeness (QED) is 0.755. The molecule has 1 aliphatic heterocycles. The predicted molar refractivity (Wildman–Crippen MR) is 52.7 cm³/mol. The molecule has 1 atom stereocenters. The molecule has 0 bridgehead atoms. The molecule has 14 heavy (non-hydrogen) atoms. The lowest BCUT2D eigenvalue weighted by atomic mass is 9.96. The van der Waals surface area contributed by atoms with Crippen molar-refractivity contribution in [2.75, 3.05) is 13.2 Å². The molecule has 0 aliphatic carbocycles. The van der Waals surface area contributed by atoms with Gasteiger partial charge in [0.1, 0.15) is 5.82 Å². The van der Waals surface area contributed by atoms with Crippen molar-refractivity contribution < 1.29 is 4.74 Å². The molecule has 1 aliphatic rings. The normalized spacial score (nSPS) is 22.2. The Labute approximate surface area is 83.5 Å². The summed E-state index contributed by atoms with van der Waals surface area (Å²) in [6, 6.07) is 0. The van der Waals surface area contributed by atoms with E-state index in [1.54, 1.807) is 0 Å². The molecule has 4 nitrogen and oxygen atoms in total. The monoisotopic (exact) mass is 193 g/mol. The molecule has 1 aromatic heterocycles. The zero-order chi connectivity index (χ0) is 9.80. The molecule has 2 heterocycles. The van der Waals surface area contributed by atoms with Gasteiger partial charge in [0, 0.05) is 24.9 Å². The first-order chi connectivity index (χ1) is 6.90. The molecule has 76 valence electrons. The fourth-order valence-corrected chi connectivity index (χ4v) is 1.68. The molecular formula is C10H15N3O. The Morgan fingerprint density at radius 2 is 2.21 bits per heavy atom. The van der Waals surface area contributed by atoms with Gasteiger partial charge >= 0.3 is 0 Å². The molecule has 1 aromatic rings. The van der Waals surface area contributed by atoms with Crippen molar-refractivity contribution in [3.8, 4) is 0 Å². The Bertz CT molecular complexity index is 280. The number of rotatable bonds is 2. The molecule has 0 aromatic carbocycles. The van der Waals surface area contributed by atoms with Gasteiger partial charge in [-0.3, -0.25) is 0 Å². The molecule has 0 saturated carbocycles. The first-order valence-corrected chi connectivity index (χ1v) is 4.99. The van der Waals surface area contributed by atoms with E-state index in [1.807, 2.05) is 12.4 Å². The van der Waals surface area contributed by atoms with Crippen LogP contribution in [-0.4, -0.2) is 23.2 Å². The molecule has 4 heteroatoms. The van der Waals surface area contributed by atoms with Crippen LogP contribution in [-0.2, 0) is 11.3 Å². The first kappa shape index (κ1) is 9.55. The zero-order valence-corrected chi connectivity index (χ0v) is 8.15. The molecule has 1 fully saturated rings. The van der Waals surface area contributed by atoms with Gasteiger partial charge in [0.25, 0.3) is 0 Å². The second-order valence-electron chi connectivity index (χ2n) is 3.55. The smallest absolute Gasteiger partial charge is 0.141 e. The molecule has 0 radical (unpaired) electrons. The molecule has 2 N–H and O–H groups in total. The lowest BCUT2D eigenvalue weighted by Gasteiger charge is -2.21. The summed E-state index contributed by atoms with van der Waals surface area (Å²) >= 11 is 0. The average Bonchev–Trinajstić information content (AvgIpc) is 2.30. The summed E-state index contributed by atoms with van der Waals surface area (Å²) in [5.41, 5.74) is 6.60. The highest BCUT2D eigenvalue weighted by atomic mass is 16.5. The van der Waals surface area contributed by atoms with Gasteiger partial charge < -0.3 is 10.5 Å². The van der Waals surface area contributed by atoms with E-state index in [2.05, 4.69) is 9.97 Å². The number of ether oxygens (including phenoxy) is 1. The van der Waals surface area contributed by atoms with Crippen molar-refractivity contribution in [1.82, 2.24) is 9.97 Å². The topological polar surface area (TPSA) is 61.0 Å². The second kappa shape index (κ2) is 4.48.